The zero-order chi connectivity index (χ0) is 15.6. The van der Waals surface area contributed by atoms with E-state index in [0.29, 0.717) is 30.3 Å². The molecule has 0 spiro atoms. The molecule has 1 aliphatic rings. The highest BCUT2D eigenvalue weighted by Crippen LogP contribution is 2.27. The second kappa shape index (κ2) is 6.34. The Bertz CT molecular complexity index is 606. The average Bonchev–Trinajstić information content (AvgIpc) is 2.43. The molecule has 0 aromatic heterocycles. The summed E-state index contributed by atoms with van der Waals surface area (Å²) in [5.41, 5.74) is 7.98. The van der Waals surface area contributed by atoms with Gasteiger partial charge >= 0.3 is 0 Å². The normalized spacial score (nSPS) is 18.0. The van der Waals surface area contributed by atoms with Crippen LogP contribution < -0.4 is 5.73 Å². The highest BCUT2D eigenvalue weighted by molar-refractivity contribution is 7.89. The van der Waals surface area contributed by atoms with Crippen LogP contribution in [-0.2, 0) is 14.8 Å². The van der Waals surface area contributed by atoms with E-state index < -0.39 is 10.0 Å². The molecule has 2 N–H and O–H groups in total. The Kier molecular flexibility index (Phi) is 4.91. The number of piperidine rings is 1. The summed E-state index contributed by atoms with van der Waals surface area (Å²) in [4.78, 5) is 0.329. The van der Waals surface area contributed by atoms with E-state index in [9.17, 15) is 8.42 Å². The van der Waals surface area contributed by atoms with Crippen LogP contribution in [-0.4, -0.2) is 38.5 Å². The van der Waals surface area contributed by atoms with Gasteiger partial charge in [-0.25, -0.2) is 8.42 Å². The lowest BCUT2D eigenvalue weighted by Crippen LogP contribution is -2.41. The standard InChI is InChI=1S/C15H24N2O3S/c1-4-20-14-5-7-17(8-6-14)21(18,19)15-10-13(16)9-11(2)12(15)3/h9-10,14H,4-8,16H2,1-3H3. The maximum Gasteiger partial charge on any atom is 0.243 e. The lowest BCUT2D eigenvalue weighted by Gasteiger charge is -2.31. The predicted molar refractivity (Wildman–Crippen MR) is 83.7 cm³/mol. The molecule has 0 bridgehead atoms. The molecule has 1 aliphatic heterocycles. The molecule has 5 nitrogen and oxygen atoms in total. The molecule has 1 fully saturated rings. The minimum Gasteiger partial charge on any atom is -0.399 e. The summed E-state index contributed by atoms with van der Waals surface area (Å²) in [6.07, 6.45) is 1.66. The van der Waals surface area contributed by atoms with Crippen LogP contribution in [0.15, 0.2) is 17.0 Å². The van der Waals surface area contributed by atoms with Gasteiger partial charge in [0.05, 0.1) is 11.0 Å². The minimum absolute atomic E-state index is 0.171. The summed E-state index contributed by atoms with van der Waals surface area (Å²) >= 11 is 0. The highest BCUT2D eigenvalue weighted by atomic mass is 32.2. The maximum atomic E-state index is 12.8. The van der Waals surface area contributed by atoms with E-state index in [1.54, 1.807) is 16.4 Å². The third-order valence-corrected chi connectivity index (χ3v) is 6.09. The van der Waals surface area contributed by atoms with Crippen LogP contribution in [0.25, 0.3) is 0 Å². The van der Waals surface area contributed by atoms with Crippen LogP contribution in [0.5, 0.6) is 0 Å². The minimum atomic E-state index is -3.48. The molecule has 0 saturated carbocycles. The lowest BCUT2D eigenvalue weighted by atomic mass is 10.1. The number of ether oxygens (including phenoxy) is 1. The number of anilines is 1. The van der Waals surface area contributed by atoms with E-state index >= 15 is 0 Å². The first kappa shape index (κ1) is 16.3. The third kappa shape index (κ3) is 3.39. The van der Waals surface area contributed by atoms with Crippen molar-refractivity contribution >= 4 is 15.7 Å². The molecule has 0 radical (unpaired) electrons. The summed E-state index contributed by atoms with van der Waals surface area (Å²) < 4.78 is 32.7. The van der Waals surface area contributed by atoms with E-state index in [1.165, 1.54) is 0 Å². The Balaban J connectivity index is 2.24. The van der Waals surface area contributed by atoms with Gasteiger partial charge in [-0.1, -0.05) is 0 Å². The number of nitrogens with zero attached hydrogens (tertiary/aromatic N) is 1. The molecule has 1 aromatic rings. The van der Waals surface area contributed by atoms with Crippen molar-refractivity contribution in [3.63, 3.8) is 0 Å². The quantitative estimate of drug-likeness (QED) is 0.864. The van der Waals surface area contributed by atoms with E-state index in [0.717, 1.165) is 24.0 Å². The Morgan fingerprint density at radius 2 is 1.90 bits per heavy atom. The molecule has 1 saturated heterocycles. The van der Waals surface area contributed by atoms with Gasteiger partial charge in [-0.05, 0) is 56.9 Å². The monoisotopic (exact) mass is 312 g/mol. The van der Waals surface area contributed by atoms with Crippen molar-refractivity contribution in [2.75, 3.05) is 25.4 Å². The number of hydrogen-bond donors (Lipinski definition) is 1. The van der Waals surface area contributed by atoms with Gasteiger partial charge < -0.3 is 10.5 Å². The summed E-state index contributed by atoms with van der Waals surface area (Å²) in [5.74, 6) is 0. The summed E-state index contributed by atoms with van der Waals surface area (Å²) in [6, 6.07) is 3.36. The van der Waals surface area contributed by atoms with Crippen LogP contribution in [0.3, 0.4) is 0 Å². The fourth-order valence-corrected chi connectivity index (χ4v) is 4.54. The van der Waals surface area contributed by atoms with Crippen LogP contribution in [0.1, 0.15) is 30.9 Å². The van der Waals surface area contributed by atoms with E-state index in [1.807, 2.05) is 20.8 Å². The first-order valence-corrected chi connectivity index (χ1v) is 8.78. The number of nitrogens with two attached hydrogens (primary N) is 1. The van der Waals surface area contributed by atoms with E-state index in [2.05, 4.69) is 0 Å². The molecule has 6 heteroatoms. The Hall–Kier alpha value is -1.11. The molecule has 0 atom stereocenters. The zero-order valence-electron chi connectivity index (χ0n) is 12.9. The van der Waals surface area contributed by atoms with Crippen molar-refractivity contribution in [3.8, 4) is 0 Å². The molecular weight excluding hydrogens is 288 g/mol. The van der Waals surface area contributed by atoms with Crippen molar-refractivity contribution in [1.82, 2.24) is 4.31 Å². The summed E-state index contributed by atoms with van der Waals surface area (Å²) in [7, 11) is -3.48. The van der Waals surface area contributed by atoms with Crippen LogP contribution in [0, 0.1) is 13.8 Å². The number of benzene rings is 1. The number of sulfonamides is 1. The fourth-order valence-electron chi connectivity index (χ4n) is 2.74. The van der Waals surface area contributed by atoms with Crippen molar-refractivity contribution in [1.29, 1.82) is 0 Å². The SMILES string of the molecule is CCOC1CCN(S(=O)(=O)c2cc(N)cc(C)c2C)CC1. The molecule has 118 valence electrons. The molecule has 0 unspecified atom stereocenters. The van der Waals surface area contributed by atoms with Gasteiger partial charge in [-0.15, -0.1) is 0 Å². The van der Waals surface area contributed by atoms with Crippen molar-refractivity contribution in [2.45, 2.75) is 44.6 Å². The second-order valence-electron chi connectivity index (χ2n) is 5.52. The van der Waals surface area contributed by atoms with Gasteiger partial charge in [-0.3, -0.25) is 0 Å². The van der Waals surface area contributed by atoms with Gasteiger partial charge in [0.2, 0.25) is 10.0 Å². The number of hydrogen-bond acceptors (Lipinski definition) is 4. The molecule has 1 aromatic carbocycles. The lowest BCUT2D eigenvalue weighted by molar-refractivity contribution is 0.0290. The fraction of sp³-hybridized carbons (Fsp3) is 0.600. The predicted octanol–water partition coefficient (Wildman–Crippen LogP) is 2.08. The van der Waals surface area contributed by atoms with Crippen molar-refractivity contribution in [3.05, 3.63) is 23.3 Å². The van der Waals surface area contributed by atoms with Crippen LogP contribution in [0.4, 0.5) is 5.69 Å². The van der Waals surface area contributed by atoms with Gasteiger partial charge in [0, 0.05) is 25.4 Å². The van der Waals surface area contributed by atoms with Crippen molar-refractivity contribution < 1.29 is 13.2 Å². The van der Waals surface area contributed by atoms with Gasteiger partial charge in [-0.2, -0.15) is 4.31 Å². The van der Waals surface area contributed by atoms with Crippen LogP contribution in [0.2, 0.25) is 0 Å². The molecule has 2 rings (SSSR count). The second-order valence-corrected chi connectivity index (χ2v) is 7.43. The van der Waals surface area contributed by atoms with Crippen molar-refractivity contribution in [2.24, 2.45) is 0 Å². The average molecular weight is 312 g/mol. The van der Waals surface area contributed by atoms with Gasteiger partial charge in [0.25, 0.3) is 0 Å². The Morgan fingerprint density at radius 1 is 1.29 bits per heavy atom. The Morgan fingerprint density at radius 3 is 2.48 bits per heavy atom. The largest absolute Gasteiger partial charge is 0.399 e. The zero-order valence-corrected chi connectivity index (χ0v) is 13.7. The van der Waals surface area contributed by atoms with Crippen LogP contribution >= 0.6 is 0 Å². The van der Waals surface area contributed by atoms with Gasteiger partial charge in [0.1, 0.15) is 0 Å². The smallest absolute Gasteiger partial charge is 0.243 e. The summed E-state index contributed by atoms with van der Waals surface area (Å²) in [5, 5.41) is 0. The highest BCUT2D eigenvalue weighted by Gasteiger charge is 2.31. The maximum absolute atomic E-state index is 12.8. The molecule has 0 amide bonds. The summed E-state index contributed by atoms with van der Waals surface area (Å²) in [6.45, 7) is 7.34. The first-order chi connectivity index (χ1) is 9.86. The first-order valence-electron chi connectivity index (χ1n) is 7.34. The number of nitrogen functional groups attached to an aromatic ring is 1. The van der Waals surface area contributed by atoms with E-state index in [-0.39, 0.29) is 6.10 Å². The third-order valence-electron chi connectivity index (χ3n) is 4.06. The van der Waals surface area contributed by atoms with Gasteiger partial charge in [0.15, 0.2) is 0 Å². The number of rotatable bonds is 4. The molecule has 0 aliphatic carbocycles. The topological polar surface area (TPSA) is 72.6 Å². The molecule has 21 heavy (non-hydrogen) atoms. The number of aryl methyl sites for hydroxylation is 1. The van der Waals surface area contributed by atoms with E-state index in [4.69, 9.17) is 10.5 Å². The Labute approximate surface area is 127 Å². The molecular formula is C15H24N2O3S. The molecule has 1 heterocycles.